The molecule has 0 heterocycles. The molecule has 0 unspecified atom stereocenters. The molecule has 0 atom stereocenters. The third-order valence-corrected chi connectivity index (χ3v) is 3.42. The lowest BCUT2D eigenvalue weighted by Gasteiger charge is -2.03. The van der Waals surface area contributed by atoms with E-state index in [1.807, 2.05) is 18.2 Å². The first-order valence-corrected chi connectivity index (χ1v) is 6.68. The standard InChI is InChI=1S/C12H19N3OS/c13-10-5-4-6-11(9-10)17-8-3-1-2-7-12(16)15-14/h4-6,9H,1-3,7-8,13-14H2,(H,15,16). The van der Waals surface area contributed by atoms with Gasteiger partial charge in [0, 0.05) is 17.0 Å². The number of rotatable bonds is 7. The van der Waals surface area contributed by atoms with Gasteiger partial charge in [-0.1, -0.05) is 12.5 Å². The van der Waals surface area contributed by atoms with Gasteiger partial charge in [0.15, 0.2) is 0 Å². The van der Waals surface area contributed by atoms with E-state index in [2.05, 4.69) is 11.5 Å². The van der Waals surface area contributed by atoms with Crippen molar-refractivity contribution in [1.29, 1.82) is 0 Å². The van der Waals surface area contributed by atoms with Gasteiger partial charge in [0.1, 0.15) is 0 Å². The van der Waals surface area contributed by atoms with Gasteiger partial charge in [0.2, 0.25) is 5.91 Å². The van der Waals surface area contributed by atoms with Crippen LogP contribution in [-0.2, 0) is 4.79 Å². The van der Waals surface area contributed by atoms with Crippen LogP contribution in [0.25, 0.3) is 0 Å². The average molecular weight is 253 g/mol. The molecule has 1 amide bonds. The van der Waals surface area contributed by atoms with Crippen molar-refractivity contribution in [2.45, 2.75) is 30.6 Å². The Balaban J connectivity index is 2.06. The summed E-state index contributed by atoms with van der Waals surface area (Å²) in [6, 6.07) is 7.88. The number of anilines is 1. The molecule has 0 aliphatic rings. The number of nitrogens with one attached hydrogen (secondary N) is 1. The third-order valence-electron chi connectivity index (χ3n) is 2.34. The summed E-state index contributed by atoms with van der Waals surface area (Å²) >= 11 is 1.79. The zero-order valence-electron chi connectivity index (χ0n) is 9.82. The van der Waals surface area contributed by atoms with Crippen LogP contribution in [0.1, 0.15) is 25.7 Å². The molecular formula is C12H19N3OS. The second-order valence-electron chi connectivity index (χ2n) is 3.80. The number of unbranched alkanes of at least 4 members (excludes halogenated alkanes) is 2. The molecule has 5 heteroatoms. The van der Waals surface area contributed by atoms with E-state index in [1.165, 1.54) is 4.90 Å². The molecule has 17 heavy (non-hydrogen) atoms. The number of thioether (sulfide) groups is 1. The molecule has 0 radical (unpaired) electrons. The van der Waals surface area contributed by atoms with Crippen molar-refractivity contribution in [1.82, 2.24) is 5.43 Å². The number of amides is 1. The molecule has 0 saturated carbocycles. The van der Waals surface area contributed by atoms with Crippen LogP contribution in [0.2, 0.25) is 0 Å². The molecule has 0 spiro atoms. The van der Waals surface area contributed by atoms with Crippen LogP contribution in [0.3, 0.4) is 0 Å². The number of nitrogens with two attached hydrogens (primary N) is 2. The largest absolute Gasteiger partial charge is 0.399 e. The highest BCUT2D eigenvalue weighted by molar-refractivity contribution is 7.99. The Kier molecular flexibility index (Phi) is 6.50. The predicted molar refractivity (Wildman–Crippen MR) is 72.4 cm³/mol. The lowest BCUT2D eigenvalue weighted by Crippen LogP contribution is -2.29. The van der Waals surface area contributed by atoms with Crippen molar-refractivity contribution in [3.05, 3.63) is 24.3 Å². The highest BCUT2D eigenvalue weighted by Gasteiger charge is 1.98. The number of hydrazine groups is 1. The molecule has 0 aliphatic carbocycles. The number of carbonyl (C=O) groups excluding carboxylic acids is 1. The summed E-state index contributed by atoms with van der Waals surface area (Å²) in [6.45, 7) is 0. The van der Waals surface area contributed by atoms with Crippen molar-refractivity contribution in [2.24, 2.45) is 5.84 Å². The van der Waals surface area contributed by atoms with E-state index in [0.717, 1.165) is 30.7 Å². The van der Waals surface area contributed by atoms with Crippen LogP contribution in [-0.4, -0.2) is 11.7 Å². The number of hydrogen-bond acceptors (Lipinski definition) is 4. The van der Waals surface area contributed by atoms with Crippen LogP contribution in [0, 0.1) is 0 Å². The van der Waals surface area contributed by atoms with E-state index >= 15 is 0 Å². The highest BCUT2D eigenvalue weighted by Crippen LogP contribution is 2.21. The molecule has 1 rings (SSSR count). The SMILES string of the molecule is NNC(=O)CCCCCSc1cccc(N)c1. The Morgan fingerprint density at radius 1 is 1.29 bits per heavy atom. The van der Waals surface area contributed by atoms with Gasteiger partial charge in [0.05, 0.1) is 0 Å². The summed E-state index contributed by atoms with van der Waals surface area (Å²) in [5.41, 5.74) is 8.62. The first-order chi connectivity index (χ1) is 8.22. The Labute approximate surface area is 106 Å². The van der Waals surface area contributed by atoms with Crippen molar-refractivity contribution >= 4 is 23.4 Å². The van der Waals surface area contributed by atoms with E-state index in [4.69, 9.17) is 11.6 Å². The number of benzene rings is 1. The quantitative estimate of drug-likeness (QED) is 0.173. The van der Waals surface area contributed by atoms with Gasteiger partial charge < -0.3 is 5.73 Å². The summed E-state index contributed by atoms with van der Waals surface area (Å²) < 4.78 is 0. The summed E-state index contributed by atoms with van der Waals surface area (Å²) in [5.74, 6) is 5.95. The van der Waals surface area contributed by atoms with Crippen LogP contribution in [0.15, 0.2) is 29.2 Å². The molecule has 1 aromatic carbocycles. The van der Waals surface area contributed by atoms with Gasteiger partial charge >= 0.3 is 0 Å². The van der Waals surface area contributed by atoms with Crippen LogP contribution >= 0.6 is 11.8 Å². The maximum absolute atomic E-state index is 10.8. The highest BCUT2D eigenvalue weighted by atomic mass is 32.2. The maximum atomic E-state index is 10.8. The molecule has 94 valence electrons. The first-order valence-electron chi connectivity index (χ1n) is 5.70. The molecule has 0 aromatic heterocycles. The average Bonchev–Trinajstić information content (AvgIpc) is 2.33. The summed E-state index contributed by atoms with van der Waals surface area (Å²) in [4.78, 5) is 12.0. The second-order valence-corrected chi connectivity index (χ2v) is 4.97. The smallest absolute Gasteiger partial charge is 0.233 e. The Hall–Kier alpha value is -1.20. The Bertz CT molecular complexity index is 357. The zero-order valence-corrected chi connectivity index (χ0v) is 10.6. The van der Waals surface area contributed by atoms with Crippen molar-refractivity contribution in [3.8, 4) is 0 Å². The second kappa shape index (κ2) is 7.97. The predicted octanol–water partition coefficient (Wildman–Crippen LogP) is 1.91. The van der Waals surface area contributed by atoms with Crippen LogP contribution in [0.4, 0.5) is 5.69 Å². The van der Waals surface area contributed by atoms with Crippen molar-refractivity contribution < 1.29 is 4.79 Å². The molecule has 0 saturated heterocycles. The van der Waals surface area contributed by atoms with Gasteiger partial charge in [-0.05, 0) is 36.8 Å². The Morgan fingerprint density at radius 2 is 2.12 bits per heavy atom. The van der Waals surface area contributed by atoms with E-state index < -0.39 is 0 Å². The number of nitrogen functional groups attached to an aromatic ring is 1. The molecule has 0 fully saturated rings. The fraction of sp³-hybridized carbons (Fsp3) is 0.417. The fourth-order valence-electron chi connectivity index (χ4n) is 1.43. The van der Waals surface area contributed by atoms with Crippen molar-refractivity contribution in [3.63, 3.8) is 0 Å². The van der Waals surface area contributed by atoms with Gasteiger partial charge in [-0.15, -0.1) is 11.8 Å². The summed E-state index contributed by atoms with van der Waals surface area (Å²) in [5, 5.41) is 0. The lowest BCUT2D eigenvalue weighted by atomic mass is 10.2. The minimum absolute atomic E-state index is 0.0894. The monoisotopic (exact) mass is 253 g/mol. The summed E-state index contributed by atoms with van der Waals surface area (Å²) in [6.07, 6.45) is 3.54. The molecule has 0 bridgehead atoms. The Morgan fingerprint density at radius 3 is 2.82 bits per heavy atom. The minimum Gasteiger partial charge on any atom is -0.399 e. The molecule has 0 aliphatic heterocycles. The van der Waals surface area contributed by atoms with E-state index in [0.29, 0.717) is 6.42 Å². The van der Waals surface area contributed by atoms with E-state index in [1.54, 1.807) is 11.8 Å². The zero-order chi connectivity index (χ0) is 12.5. The lowest BCUT2D eigenvalue weighted by molar-refractivity contribution is -0.121. The minimum atomic E-state index is -0.0894. The van der Waals surface area contributed by atoms with Gasteiger partial charge in [-0.25, -0.2) is 5.84 Å². The van der Waals surface area contributed by atoms with Crippen LogP contribution < -0.4 is 17.0 Å². The molecule has 5 N–H and O–H groups in total. The van der Waals surface area contributed by atoms with Crippen molar-refractivity contribution in [2.75, 3.05) is 11.5 Å². The normalized spacial score (nSPS) is 10.2. The third kappa shape index (κ3) is 6.19. The first kappa shape index (κ1) is 13.9. The maximum Gasteiger partial charge on any atom is 0.233 e. The molecule has 1 aromatic rings. The fourth-order valence-corrected chi connectivity index (χ4v) is 2.41. The van der Waals surface area contributed by atoms with Gasteiger partial charge in [-0.2, -0.15) is 0 Å². The van der Waals surface area contributed by atoms with E-state index in [-0.39, 0.29) is 5.91 Å². The van der Waals surface area contributed by atoms with E-state index in [9.17, 15) is 4.79 Å². The number of carbonyl (C=O) groups is 1. The molecular weight excluding hydrogens is 234 g/mol. The number of hydrogen-bond donors (Lipinski definition) is 3. The summed E-state index contributed by atoms with van der Waals surface area (Å²) in [7, 11) is 0. The van der Waals surface area contributed by atoms with Gasteiger partial charge in [-0.3, -0.25) is 10.2 Å². The van der Waals surface area contributed by atoms with Gasteiger partial charge in [0.25, 0.3) is 0 Å². The topological polar surface area (TPSA) is 81.1 Å². The van der Waals surface area contributed by atoms with Crippen LogP contribution in [0.5, 0.6) is 0 Å². The molecule has 4 nitrogen and oxygen atoms in total.